The predicted octanol–water partition coefficient (Wildman–Crippen LogP) is 3.39. The van der Waals surface area contributed by atoms with Crippen molar-refractivity contribution < 1.29 is 22.7 Å². The van der Waals surface area contributed by atoms with Crippen LogP contribution in [0.25, 0.3) is 0 Å². The van der Waals surface area contributed by atoms with Gasteiger partial charge in [0.15, 0.2) is 0 Å². The van der Waals surface area contributed by atoms with Crippen molar-refractivity contribution in [3.8, 4) is 5.75 Å². The molecule has 1 amide bonds. The first-order chi connectivity index (χ1) is 14.3. The Hall–Kier alpha value is -2.13. The van der Waals surface area contributed by atoms with E-state index in [1.165, 1.54) is 16.4 Å². The Morgan fingerprint density at radius 3 is 2.60 bits per heavy atom. The third-order valence-electron chi connectivity index (χ3n) is 4.72. The fourth-order valence-electron chi connectivity index (χ4n) is 3.14. The van der Waals surface area contributed by atoms with Crippen LogP contribution in [-0.2, 0) is 19.6 Å². The number of hydrogen-bond donors (Lipinski definition) is 1. The zero-order valence-electron chi connectivity index (χ0n) is 17.0. The number of morpholine rings is 1. The summed E-state index contributed by atoms with van der Waals surface area (Å²) in [5.41, 5.74) is 2.51. The van der Waals surface area contributed by atoms with Crippen molar-refractivity contribution in [2.75, 3.05) is 38.2 Å². The highest BCUT2D eigenvalue weighted by Crippen LogP contribution is 2.28. The zero-order valence-corrected chi connectivity index (χ0v) is 18.6. The van der Waals surface area contributed by atoms with E-state index in [0.29, 0.717) is 18.9 Å². The monoisotopic (exact) mass is 452 g/mol. The molecule has 0 spiro atoms. The van der Waals surface area contributed by atoms with Crippen molar-refractivity contribution in [3.63, 3.8) is 0 Å². The van der Waals surface area contributed by atoms with Gasteiger partial charge < -0.3 is 14.8 Å². The second-order valence-corrected chi connectivity index (χ2v) is 9.39. The van der Waals surface area contributed by atoms with Crippen LogP contribution in [0.2, 0.25) is 5.02 Å². The van der Waals surface area contributed by atoms with Crippen molar-refractivity contribution in [1.29, 1.82) is 0 Å². The Morgan fingerprint density at radius 1 is 1.17 bits per heavy atom. The van der Waals surface area contributed by atoms with E-state index in [2.05, 4.69) is 5.32 Å². The SMILES string of the molecule is Cc1ccc(OCCC(=O)Nc2ccc(Cl)c(S(=O)(=O)N3CCOCC3)c2)c(C)c1. The molecule has 30 heavy (non-hydrogen) atoms. The van der Waals surface area contributed by atoms with E-state index in [1.807, 2.05) is 32.0 Å². The molecule has 1 fully saturated rings. The molecule has 1 N–H and O–H groups in total. The number of amides is 1. The molecule has 7 nitrogen and oxygen atoms in total. The largest absolute Gasteiger partial charge is 0.493 e. The van der Waals surface area contributed by atoms with Gasteiger partial charge in [0.25, 0.3) is 0 Å². The number of nitrogens with zero attached hydrogens (tertiary/aromatic N) is 1. The molecule has 0 aromatic heterocycles. The Kier molecular flexibility index (Phi) is 7.36. The highest BCUT2D eigenvalue weighted by molar-refractivity contribution is 7.89. The standard InChI is InChI=1S/C21H25ClN2O5S/c1-15-3-6-19(16(2)13-15)29-10-7-21(25)23-17-4-5-18(22)20(14-17)30(26,27)24-8-11-28-12-9-24/h3-6,13-14H,7-12H2,1-2H3,(H,23,25). The van der Waals surface area contributed by atoms with Gasteiger partial charge in [-0.2, -0.15) is 4.31 Å². The summed E-state index contributed by atoms with van der Waals surface area (Å²) in [5, 5.41) is 2.82. The van der Waals surface area contributed by atoms with Gasteiger partial charge in [-0.3, -0.25) is 4.79 Å². The summed E-state index contributed by atoms with van der Waals surface area (Å²) in [6.45, 7) is 5.39. The summed E-state index contributed by atoms with van der Waals surface area (Å²) in [4.78, 5) is 12.3. The van der Waals surface area contributed by atoms with Crippen LogP contribution in [0.4, 0.5) is 5.69 Å². The van der Waals surface area contributed by atoms with Gasteiger partial charge in [-0.05, 0) is 43.7 Å². The predicted molar refractivity (Wildman–Crippen MR) is 116 cm³/mol. The molecule has 2 aromatic rings. The van der Waals surface area contributed by atoms with Crippen LogP contribution in [0.1, 0.15) is 17.5 Å². The molecule has 0 aliphatic carbocycles. The van der Waals surface area contributed by atoms with E-state index in [0.717, 1.165) is 16.9 Å². The van der Waals surface area contributed by atoms with E-state index < -0.39 is 10.0 Å². The van der Waals surface area contributed by atoms with Crippen molar-refractivity contribution >= 4 is 33.2 Å². The maximum Gasteiger partial charge on any atom is 0.244 e. The molecule has 0 atom stereocenters. The number of anilines is 1. The summed E-state index contributed by atoms with van der Waals surface area (Å²) < 4.78 is 38.0. The number of benzene rings is 2. The average Bonchev–Trinajstić information content (AvgIpc) is 2.71. The van der Waals surface area contributed by atoms with E-state index in [4.69, 9.17) is 21.1 Å². The highest BCUT2D eigenvalue weighted by atomic mass is 35.5. The Morgan fingerprint density at radius 2 is 1.90 bits per heavy atom. The number of carbonyl (C=O) groups is 1. The van der Waals surface area contributed by atoms with Gasteiger partial charge in [0.05, 0.1) is 31.3 Å². The van der Waals surface area contributed by atoms with Crippen molar-refractivity contribution in [1.82, 2.24) is 4.31 Å². The summed E-state index contributed by atoms with van der Waals surface area (Å²) in [5.74, 6) is 0.454. The fourth-order valence-corrected chi connectivity index (χ4v) is 5.05. The number of nitrogens with one attached hydrogen (secondary N) is 1. The molecule has 3 rings (SSSR count). The minimum Gasteiger partial charge on any atom is -0.493 e. The van der Waals surface area contributed by atoms with Crippen molar-refractivity contribution in [2.24, 2.45) is 0 Å². The fraction of sp³-hybridized carbons (Fsp3) is 0.381. The summed E-state index contributed by atoms with van der Waals surface area (Å²) >= 11 is 6.14. The molecule has 1 aliphatic heterocycles. The second kappa shape index (κ2) is 9.78. The van der Waals surface area contributed by atoms with Crippen molar-refractivity contribution in [3.05, 3.63) is 52.5 Å². The number of rotatable bonds is 7. The summed E-state index contributed by atoms with van der Waals surface area (Å²) in [6, 6.07) is 10.3. The Balaban J connectivity index is 1.62. The molecule has 2 aromatic carbocycles. The molecule has 0 bridgehead atoms. The quantitative estimate of drug-likeness (QED) is 0.696. The minimum atomic E-state index is -3.77. The summed E-state index contributed by atoms with van der Waals surface area (Å²) in [7, 11) is -3.77. The van der Waals surface area contributed by atoms with Gasteiger partial charge in [0, 0.05) is 18.8 Å². The van der Waals surface area contributed by atoms with Crippen LogP contribution >= 0.6 is 11.6 Å². The number of aryl methyl sites for hydroxylation is 2. The van der Waals surface area contributed by atoms with Crippen molar-refractivity contribution in [2.45, 2.75) is 25.2 Å². The molecule has 162 valence electrons. The van der Waals surface area contributed by atoms with Gasteiger partial charge in [-0.25, -0.2) is 8.42 Å². The van der Waals surface area contributed by atoms with Gasteiger partial charge in [-0.15, -0.1) is 0 Å². The number of ether oxygens (including phenoxy) is 2. The highest BCUT2D eigenvalue weighted by Gasteiger charge is 2.28. The van der Waals surface area contributed by atoms with E-state index in [1.54, 1.807) is 6.07 Å². The topological polar surface area (TPSA) is 84.9 Å². The normalized spacial score (nSPS) is 15.0. The first-order valence-corrected chi connectivity index (χ1v) is 11.5. The first kappa shape index (κ1) is 22.6. The number of hydrogen-bond acceptors (Lipinski definition) is 5. The molecule has 0 radical (unpaired) electrons. The molecular formula is C21H25ClN2O5S. The Bertz CT molecular complexity index is 1020. The third-order valence-corrected chi connectivity index (χ3v) is 7.10. The average molecular weight is 453 g/mol. The maximum absolute atomic E-state index is 12.9. The van der Waals surface area contributed by atoms with Gasteiger partial charge >= 0.3 is 0 Å². The van der Waals surface area contributed by atoms with Gasteiger partial charge in [0.2, 0.25) is 15.9 Å². The lowest BCUT2D eigenvalue weighted by Gasteiger charge is -2.26. The van der Waals surface area contributed by atoms with Gasteiger partial charge in [0.1, 0.15) is 10.6 Å². The van der Waals surface area contributed by atoms with Crippen LogP contribution < -0.4 is 10.1 Å². The third kappa shape index (κ3) is 5.51. The lowest BCUT2D eigenvalue weighted by Crippen LogP contribution is -2.40. The second-order valence-electron chi connectivity index (χ2n) is 7.08. The number of halogens is 1. The van der Waals surface area contributed by atoms with Crippen LogP contribution in [0.15, 0.2) is 41.3 Å². The molecule has 1 heterocycles. The molecular weight excluding hydrogens is 428 g/mol. The van der Waals surface area contributed by atoms with Crippen LogP contribution in [0.5, 0.6) is 5.75 Å². The molecule has 1 aliphatic rings. The van der Waals surface area contributed by atoms with E-state index in [-0.39, 0.29) is 41.9 Å². The van der Waals surface area contributed by atoms with Crippen LogP contribution in [-0.4, -0.2) is 51.5 Å². The van der Waals surface area contributed by atoms with E-state index in [9.17, 15) is 13.2 Å². The molecule has 9 heteroatoms. The molecule has 1 saturated heterocycles. The van der Waals surface area contributed by atoms with Gasteiger partial charge in [-0.1, -0.05) is 29.3 Å². The number of sulfonamides is 1. The van der Waals surface area contributed by atoms with E-state index >= 15 is 0 Å². The number of carbonyl (C=O) groups excluding carboxylic acids is 1. The van der Waals surface area contributed by atoms with Crippen LogP contribution in [0.3, 0.4) is 0 Å². The zero-order chi connectivity index (χ0) is 21.7. The lowest BCUT2D eigenvalue weighted by molar-refractivity contribution is -0.116. The van der Waals surface area contributed by atoms with Crippen LogP contribution in [0, 0.1) is 13.8 Å². The summed E-state index contributed by atoms with van der Waals surface area (Å²) in [6.07, 6.45) is 0.126. The smallest absolute Gasteiger partial charge is 0.244 e. The first-order valence-electron chi connectivity index (χ1n) is 9.65. The minimum absolute atomic E-state index is 0.0320. The lowest BCUT2D eigenvalue weighted by atomic mass is 10.1. The molecule has 0 saturated carbocycles. The Labute approximate surface area is 182 Å². The maximum atomic E-state index is 12.9. The molecule has 0 unspecified atom stereocenters.